The van der Waals surface area contributed by atoms with Gasteiger partial charge in [0.2, 0.25) is 0 Å². The van der Waals surface area contributed by atoms with Gasteiger partial charge in [-0.05, 0) is 29.7 Å². The predicted octanol–water partition coefficient (Wildman–Crippen LogP) is 2.94. The molecule has 128 valence electrons. The van der Waals surface area contributed by atoms with E-state index in [9.17, 15) is 14.7 Å². The number of benzene rings is 1. The third-order valence-corrected chi connectivity index (χ3v) is 5.11. The van der Waals surface area contributed by atoms with Gasteiger partial charge in [-0.15, -0.1) is 0 Å². The lowest BCUT2D eigenvalue weighted by Crippen LogP contribution is -2.47. The first-order valence-corrected chi connectivity index (χ1v) is 8.81. The normalized spacial score (nSPS) is 17.7. The Bertz CT molecular complexity index is 911. The van der Waals surface area contributed by atoms with Gasteiger partial charge in [-0.2, -0.15) is 0 Å². The summed E-state index contributed by atoms with van der Waals surface area (Å²) in [5.41, 5.74) is 2.26. The summed E-state index contributed by atoms with van der Waals surface area (Å²) in [5, 5.41) is 9.44. The molecular weight excluding hydrogens is 358 g/mol. The summed E-state index contributed by atoms with van der Waals surface area (Å²) in [6, 6.07) is 4.51. The molecule has 2 aromatic rings. The molecule has 1 atom stereocenters. The zero-order chi connectivity index (χ0) is 18.1. The minimum absolute atomic E-state index is 0.254. The fourth-order valence-corrected chi connectivity index (χ4v) is 3.96. The average Bonchev–Trinajstić information content (AvgIpc) is 2.82. The van der Waals surface area contributed by atoms with Gasteiger partial charge in [-0.3, -0.25) is 19.7 Å². The Morgan fingerprint density at radius 1 is 1.28 bits per heavy atom. The smallest absolute Gasteiger partial charge is 0.327 e. The maximum atomic E-state index is 12.7. The van der Waals surface area contributed by atoms with E-state index in [-0.39, 0.29) is 16.1 Å². The van der Waals surface area contributed by atoms with Crippen LogP contribution in [0.2, 0.25) is 0 Å². The summed E-state index contributed by atoms with van der Waals surface area (Å²) in [4.78, 5) is 34.3. The average molecular weight is 373 g/mol. The van der Waals surface area contributed by atoms with E-state index < -0.39 is 12.0 Å². The number of amides is 1. The van der Waals surface area contributed by atoms with Crippen LogP contribution in [-0.4, -0.2) is 42.2 Å². The summed E-state index contributed by atoms with van der Waals surface area (Å²) in [6.07, 6.45) is 4.92. The molecule has 6 nitrogen and oxygen atoms in total. The van der Waals surface area contributed by atoms with Gasteiger partial charge in [0.25, 0.3) is 5.91 Å². The lowest BCUT2D eigenvalue weighted by atomic mass is 10.0. The number of carbonyl (C=O) groups excluding carboxylic acids is 1. The van der Waals surface area contributed by atoms with Gasteiger partial charge in [-0.1, -0.05) is 43.9 Å². The lowest BCUT2D eigenvalue weighted by molar-refractivity contribution is -0.146. The Hall–Kier alpha value is -2.32. The molecule has 1 aliphatic heterocycles. The highest BCUT2D eigenvalue weighted by Crippen LogP contribution is 2.35. The SMILES string of the molecule is CC(C)[C@@H](C(=O)O)N1C(=O)/C(=C\c2ccc3nccnc3c2)SC1=S. The van der Waals surface area contributed by atoms with Crippen molar-refractivity contribution in [2.75, 3.05) is 0 Å². The van der Waals surface area contributed by atoms with Crippen molar-refractivity contribution in [3.63, 3.8) is 0 Å². The number of fused-ring (bicyclic) bond motifs is 1. The molecule has 0 unspecified atom stereocenters. The lowest BCUT2D eigenvalue weighted by Gasteiger charge is -2.26. The third kappa shape index (κ3) is 3.40. The summed E-state index contributed by atoms with van der Waals surface area (Å²) in [7, 11) is 0. The number of carboxylic acids is 1. The first-order valence-electron chi connectivity index (χ1n) is 7.59. The number of hydrogen-bond acceptors (Lipinski definition) is 6. The van der Waals surface area contributed by atoms with Crippen molar-refractivity contribution in [2.45, 2.75) is 19.9 Å². The van der Waals surface area contributed by atoms with E-state index >= 15 is 0 Å². The van der Waals surface area contributed by atoms with E-state index in [2.05, 4.69) is 9.97 Å². The minimum atomic E-state index is -1.06. The van der Waals surface area contributed by atoms with Crippen molar-refractivity contribution in [1.29, 1.82) is 0 Å². The molecular formula is C17H15N3O3S2. The molecule has 1 fully saturated rings. The fourth-order valence-electron chi connectivity index (χ4n) is 2.63. The molecule has 0 saturated carbocycles. The summed E-state index contributed by atoms with van der Waals surface area (Å²) in [6.45, 7) is 3.51. The Morgan fingerprint density at radius 2 is 1.96 bits per heavy atom. The standard InChI is InChI=1S/C17H15N3O3S2/c1-9(2)14(16(22)23)20-15(21)13(25-17(20)24)8-10-3-4-11-12(7-10)19-6-5-18-11/h3-9,14H,1-2H3,(H,22,23)/b13-8+/t14-/m0/s1. The highest BCUT2D eigenvalue weighted by Gasteiger charge is 2.41. The monoisotopic (exact) mass is 373 g/mol. The topological polar surface area (TPSA) is 83.4 Å². The summed E-state index contributed by atoms with van der Waals surface area (Å²) < 4.78 is 0.262. The molecule has 1 aromatic carbocycles. The van der Waals surface area contributed by atoms with Gasteiger partial charge in [0, 0.05) is 12.4 Å². The van der Waals surface area contributed by atoms with Crippen LogP contribution in [0.5, 0.6) is 0 Å². The Morgan fingerprint density at radius 3 is 2.60 bits per heavy atom. The third-order valence-electron chi connectivity index (χ3n) is 3.78. The maximum absolute atomic E-state index is 12.7. The highest BCUT2D eigenvalue weighted by molar-refractivity contribution is 8.26. The van der Waals surface area contributed by atoms with Crippen LogP contribution in [0.4, 0.5) is 0 Å². The van der Waals surface area contributed by atoms with Gasteiger partial charge in [-0.25, -0.2) is 4.79 Å². The highest BCUT2D eigenvalue weighted by atomic mass is 32.2. The van der Waals surface area contributed by atoms with E-state index in [1.807, 2.05) is 18.2 Å². The summed E-state index contributed by atoms with van der Waals surface area (Å²) in [5.74, 6) is -1.70. The van der Waals surface area contributed by atoms with Crippen LogP contribution in [0.3, 0.4) is 0 Å². The van der Waals surface area contributed by atoms with Gasteiger partial charge < -0.3 is 5.11 Å². The molecule has 1 aromatic heterocycles. The number of hydrogen-bond donors (Lipinski definition) is 1. The van der Waals surface area contributed by atoms with E-state index in [0.717, 1.165) is 28.4 Å². The van der Waals surface area contributed by atoms with Crippen molar-refractivity contribution in [1.82, 2.24) is 14.9 Å². The number of aliphatic carboxylic acids is 1. The molecule has 0 aliphatic carbocycles. The molecule has 0 bridgehead atoms. The quantitative estimate of drug-likeness (QED) is 0.651. The van der Waals surface area contributed by atoms with E-state index in [1.54, 1.807) is 32.3 Å². The predicted molar refractivity (Wildman–Crippen MR) is 101 cm³/mol. The van der Waals surface area contributed by atoms with Gasteiger partial charge in [0.15, 0.2) is 0 Å². The summed E-state index contributed by atoms with van der Waals surface area (Å²) >= 11 is 6.36. The van der Waals surface area contributed by atoms with Gasteiger partial charge in [0.1, 0.15) is 10.4 Å². The molecule has 25 heavy (non-hydrogen) atoms. The number of nitrogens with zero attached hydrogens (tertiary/aromatic N) is 3. The first kappa shape index (κ1) is 17.5. The second-order valence-electron chi connectivity index (χ2n) is 5.88. The minimum Gasteiger partial charge on any atom is -0.480 e. The first-order chi connectivity index (χ1) is 11.9. The van der Waals surface area contributed by atoms with Crippen LogP contribution in [0.15, 0.2) is 35.5 Å². The van der Waals surface area contributed by atoms with Crippen molar-refractivity contribution in [3.05, 3.63) is 41.1 Å². The molecule has 0 radical (unpaired) electrons. The van der Waals surface area contributed by atoms with Crippen molar-refractivity contribution in [2.24, 2.45) is 5.92 Å². The number of thiocarbonyl (C=S) groups is 1. The number of carboxylic acid groups (broad SMARTS) is 1. The number of rotatable bonds is 4. The fraction of sp³-hybridized carbons (Fsp3) is 0.235. The van der Waals surface area contributed by atoms with Crippen LogP contribution < -0.4 is 0 Å². The molecule has 1 aliphatic rings. The Labute approximate surface area is 154 Å². The van der Waals surface area contributed by atoms with Crippen molar-refractivity contribution in [3.8, 4) is 0 Å². The van der Waals surface area contributed by atoms with E-state index in [1.165, 1.54) is 4.90 Å². The molecule has 1 N–H and O–H groups in total. The van der Waals surface area contributed by atoms with Crippen LogP contribution in [0.1, 0.15) is 19.4 Å². The second kappa shape index (κ2) is 6.89. The second-order valence-corrected chi connectivity index (χ2v) is 7.56. The maximum Gasteiger partial charge on any atom is 0.327 e. The Kier molecular flexibility index (Phi) is 4.82. The number of thioether (sulfide) groups is 1. The number of aromatic nitrogens is 2. The molecule has 2 heterocycles. The number of carbonyl (C=O) groups is 2. The molecule has 1 amide bonds. The van der Waals surface area contributed by atoms with Gasteiger partial charge >= 0.3 is 5.97 Å². The van der Waals surface area contributed by atoms with Crippen molar-refractivity contribution >= 4 is 57.3 Å². The zero-order valence-corrected chi connectivity index (χ0v) is 15.2. The van der Waals surface area contributed by atoms with E-state index in [0.29, 0.717) is 4.91 Å². The molecule has 3 rings (SSSR count). The Balaban J connectivity index is 1.95. The van der Waals surface area contributed by atoms with Crippen LogP contribution >= 0.6 is 24.0 Å². The molecule has 8 heteroatoms. The van der Waals surface area contributed by atoms with Crippen LogP contribution in [-0.2, 0) is 9.59 Å². The van der Waals surface area contributed by atoms with Crippen LogP contribution in [0.25, 0.3) is 17.1 Å². The zero-order valence-electron chi connectivity index (χ0n) is 13.5. The van der Waals surface area contributed by atoms with Crippen LogP contribution in [0, 0.1) is 5.92 Å². The van der Waals surface area contributed by atoms with Gasteiger partial charge in [0.05, 0.1) is 15.9 Å². The van der Waals surface area contributed by atoms with Crippen molar-refractivity contribution < 1.29 is 14.7 Å². The molecule has 0 spiro atoms. The van der Waals surface area contributed by atoms with E-state index in [4.69, 9.17) is 12.2 Å². The largest absolute Gasteiger partial charge is 0.480 e. The molecule has 1 saturated heterocycles.